The van der Waals surface area contributed by atoms with Crippen molar-refractivity contribution in [1.29, 1.82) is 0 Å². The van der Waals surface area contributed by atoms with Gasteiger partial charge in [0.05, 0.1) is 0 Å². The molecule has 31 heavy (non-hydrogen) atoms. The van der Waals surface area contributed by atoms with E-state index in [1.807, 2.05) is 42.5 Å². The maximum Gasteiger partial charge on any atom is 0.329 e. The van der Waals surface area contributed by atoms with Crippen LogP contribution in [0.3, 0.4) is 0 Å². The third kappa shape index (κ3) is 15.4. The highest BCUT2D eigenvalue weighted by molar-refractivity contribution is 5.76. The quantitative estimate of drug-likeness (QED) is 0.291. The molecule has 172 valence electrons. The number of aliphatic carboxylic acids is 2. The number of methoxy groups -OCH3 is 1. The first-order valence-electron chi connectivity index (χ1n) is 9.35. The zero-order chi connectivity index (χ0) is 22.8. The lowest BCUT2D eigenvalue weighted by Crippen LogP contribution is -2.29. The standard InChI is InChI=1S/C13H10O.C6H14N2O2.C3H6O3.H3N/c14-10-11-6-8-13(9-7-11)12-4-2-1-3-5-12;7-4-2-1-3-5(8)6(9)10;1-6-2-3(4)5;/h1-10H;5H,1-4,7-8H2,(H,9,10);2H2,1H3,(H,4,5);1H3/t;5-;;/m.0../s1. The third-order valence-corrected chi connectivity index (χ3v) is 3.71. The molecule has 0 saturated carbocycles. The van der Waals surface area contributed by atoms with Crippen LogP contribution < -0.4 is 17.6 Å². The summed E-state index contributed by atoms with van der Waals surface area (Å²) in [6.07, 6.45) is 3.02. The van der Waals surface area contributed by atoms with Crippen LogP contribution in [-0.4, -0.2) is 54.7 Å². The first kappa shape index (κ1) is 30.1. The second-order valence-corrected chi connectivity index (χ2v) is 6.16. The lowest BCUT2D eigenvalue weighted by atomic mass is 10.0. The summed E-state index contributed by atoms with van der Waals surface area (Å²) in [4.78, 5) is 30.1. The van der Waals surface area contributed by atoms with Gasteiger partial charge in [-0.15, -0.1) is 0 Å². The molecule has 2 aromatic rings. The van der Waals surface area contributed by atoms with Crippen LogP contribution in [0, 0.1) is 0 Å². The molecule has 9 nitrogen and oxygen atoms in total. The summed E-state index contributed by atoms with van der Waals surface area (Å²) in [5, 5.41) is 16.1. The monoisotopic (exact) mass is 435 g/mol. The molecule has 0 fully saturated rings. The maximum absolute atomic E-state index is 10.5. The van der Waals surface area contributed by atoms with Gasteiger partial charge in [-0.2, -0.15) is 0 Å². The Balaban J connectivity index is 0. The number of nitrogens with two attached hydrogens (primary N) is 2. The van der Waals surface area contributed by atoms with Gasteiger partial charge in [0.25, 0.3) is 0 Å². The molecule has 0 heterocycles. The molecule has 0 aromatic heterocycles. The number of unbranched alkanes of at least 4 members (excludes halogenated alkanes) is 1. The summed E-state index contributed by atoms with van der Waals surface area (Å²) in [5.41, 5.74) is 13.4. The normalized spacial score (nSPS) is 10.2. The average Bonchev–Trinajstić information content (AvgIpc) is 2.75. The van der Waals surface area contributed by atoms with Crippen LogP contribution in [0.25, 0.3) is 11.1 Å². The molecule has 2 aromatic carbocycles. The van der Waals surface area contributed by atoms with Gasteiger partial charge in [-0.1, -0.05) is 61.0 Å². The lowest BCUT2D eigenvalue weighted by molar-refractivity contribution is -0.141. The number of carboxylic acid groups (broad SMARTS) is 2. The Morgan fingerprint density at radius 2 is 1.55 bits per heavy atom. The van der Waals surface area contributed by atoms with Crippen molar-refractivity contribution in [3.8, 4) is 11.1 Å². The van der Waals surface area contributed by atoms with Crippen molar-refractivity contribution in [3.63, 3.8) is 0 Å². The summed E-state index contributed by atoms with van der Waals surface area (Å²) in [7, 11) is 1.34. The van der Waals surface area contributed by atoms with Crippen molar-refractivity contribution in [1.82, 2.24) is 6.15 Å². The number of ether oxygens (including phenoxy) is 1. The minimum Gasteiger partial charge on any atom is -0.480 e. The maximum atomic E-state index is 10.5. The minimum atomic E-state index is -0.933. The number of hydrogen-bond acceptors (Lipinski definition) is 7. The number of carboxylic acids is 2. The number of hydrogen-bond donors (Lipinski definition) is 5. The molecule has 0 radical (unpaired) electrons. The Hall–Kier alpha value is -3.11. The van der Waals surface area contributed by atoms with E-state index in [1.165, 1.54) is 12.7 Å². The highest BCUT2D eigenvalue weighted by atomic mass is 16.5. The molecule has 0 bridgehead atoms. The Labute approximate surface area is 182 Å². The molecule has 0 amide bonds. The fraction of sp³-hybridized carbons (Fsp3) is 0.318. The molecule has 0 saturated heterocycles. The van der Waals surface area contributed by atoms with E-state index in [4.69, 9.17) is 21.7 Å². The van der Waals surface area contributed by atoms with Crippen LogP contribution in [-0.2, 0) is 14.3 Å². The Morgan fingerprint density at radius 3 is 1.94 bits per heavy atom. The number of rotatable bonds is 9. The molecule has 0 aliphatic rings. The zero-order valence-electron chi connectivity index (χ0n) is 17.8. The average molecular weight is 436 g/mol. The van der Waals surface area contributed by atoms with Gasteiger partial charge < -0.3 is 32.6 Å². The van der Waals surface area contributed by atoms with Crippen molar-refractivity contribution in [2.75, 3.05) is 20.3 Å². The fourth-order valence-corrected chi connectivity index (χ4v) is 2.14. The van der Waals surface area contributed by atoms with E-state index in [2.05, 4.69) is 16.9 Å². The van der Waals surface area contributed by atoms with Crippen LogP contribution in [0.2, 0.25) is 0 Å². The molecule has 0 unspecified atom stereocenters. The van der Waals surface area contributed by atoms with Crippen molar-refractivity contribution in [3.05, 3.63) is 60.2 Å². The van der Waals surface area contributed by atoms with E-state index in [-0.39, 0.29) is 12.8 Å². The first-order valence-corrected chi connectivity index (χ1v) is 9.35. The summed E-state index contributed by atoms with van der Waals surface area (Å²) in [6, 6.07) is 17.0. The summed E-state index contributed by atoms with van der Waals surface area (Å²) in [6.45, 7) is 0.395. The fourth-order valence-electron chi connectivity index (χ4n) is 2.14. The van der Waals surface area contributed by atoms with E-state index in [1.54, 1.807) is 0 Å². The van der Waals surface area contributed by atoms with Gasteiger partial charge in [-0.3, -0.25) is 9.59 Å². The smallest absolute Gasteiger partial charge is 0.329 e. The topological polar surface area (TPSA) is 188 Å². The molecule has 0 spiro atoms. The summed E-state index contributed by atoms with van der Waals surface area (Å²) < 4.78 is 4.20. The van der Waals surface area contributed by atoms with Gasteiger partial charge >= 0.3 is 11.9 Å². The predicted octanol–water partition coefficient (Wildman–Crippen LogP) is 2.57. The van der Waals surface area contributed by atoms with E-state index < -0.39 is 18.0 Å². The summed E-state index contributed by atoms with van der Waals surface area (Å²) >= 11 is 0. The van der Waals surface area contributed by atoms with Gasteiger partial charge in [0.15, 0.2) is 0 Å². The van der Waals surface area contributed by atoms with E-state index >= 15 is 0 Å². The van der Waals surface area contributed by atoms with Crippen LogP contribution in [0.5, 0.6) is 0 Å². The number of aldehydes is 1. The molecule has 2 rings (SSSR count). The number of carbonyl (C=O) groups is 3. The van der Waals surface area contributed by atoms with Gasteiger partial charge in [0.2, 0.25) is 0 Å². The molecule has 9 heteroatoms. The molecule has 1 atom stereocenters. The van der Waals surface area contributed by atoms with Gasteiger partial charge in [0.1, 0.15) is 18.9 Å². The Kier molecular flexibility index (Phi) is 18.3. The second kappa shape index (κ2) is 18.9. The van der Waals surface area contributed by atoms with Gasteiger partial charge in [-0.25, -0.2) is 4.79 Å². The minimum absolute atomic E-state index is 0. The van der Waals surface area contributed by atoms with Crippen molar-refractivity contribution in [2.45, 2.75) is 25.3 Å². The van der Waals surface area contributed by atoms with Gasteiger partial charge in [0, 0.05) is 12.7 Å². The van der Waals surface area contributed by atoms with Crippen molar-refractivity contribution < 1.29 is 29.3 Å². The predicted molar refractivity (Wildman–Crippen MR) is 120 cm³/mol. The SMILES string of the molecule is COCC(=O)O.N.NCCCC[C@H](N)C(=O)O.O=Cc1ccc(-c2ccccc2)cc1. The second-order valence-electron chi connectivity index (χ2n) is 6.16. The van der Waals surface area contributed by atoms with E-state index in [0.717, 1.165) is 24.7 Å². The van der Waals surface area contributed by atoms with E-state index in [0.29, 0.717) is 18.5 Å². The summed E-state index contributed by atoms with van der Waals surface area (Å²) in [5.74, 6) is -1.87. The van der Waals surface area contributed by atoms with Crippen LogP contribution in [0.15, 0.2) is 54.6 Å². The number of benzene rings is 2. The Bertz CT molecular complexity index is 739. The van der Waals surface area contributed by atoms with Crippen molar-refractivity contribution in [2.24, 2.45) is 11.5 Å². The Morgan fingerprint density at radius 1 is 1.00 bits per heavy atom. The van der Waals surface area contributed by atoms with Crippen LogP contribution in [0.4, 0.5) is 0 Å². The highest BCUT2D eigenvalue weighted by Gasteiger charge is 2.09. The molecule has 0 aliphatic carbocycles. The highest BCUT2D eigenvalue weighted by Crippen LogP contribution is 2.18. The van der Waals surface area contributed by atoms with E-state index in [9.17, 15) is 14.4 Å². The zero-order valence-corrected chi connectivity index (χ0v) is 17.8. The molecule has 9 N–H and O–H groups in total. The first-order chi connectivity index (χ1) is 14.3. The molecular formula is C22H33N3O6. The molecule has 0 aliphatic heterocycles. The van der Waals surface area contributed by atoms with Crippen LogP contribution in [0.1, 0.15) is 29.6 Å². The largest absolute Gasteiger partial charge is 0.480 e. The van der Waals surface area contributed by atoms with Crippen molar-refractivity contribution >= 4 is 18.2 Å². The number of carbonyl (C=O) groups excluding carboxylic acids is 1. The van der Waals surface area contributed by atoms with Crippen LogP contribution >= 0.6 is 0 Å². The molecular weight excluding hydrogens is 402 g/mol. The lowest BCUT2D eigenvalue weighted by Gasteiger charge is -2.03. The third-order valence-electron chi connectivity index (χ3n) is 3.71. The van der Waals surface area contributed by atoms with Gasteiger partial charge in [-0.05, 0) is 30.5 Å².